The van der Waals surface area contributed by atoms with Crippen LogP contribution in [0.4, 0.5) is 0 Å². The van der Waals surface area contributed by atoms with Crippen molar-refractivity contribution in [2.24, 2.45) is 0 Å². The number of piperidine rings is 1. The standard InChI is InChI=1S/C26H45N/c1-3-5-7-9-14-18-26(19-15-10-8-6-4-2)27-22-20-25(21-23-27)24-16-12-11-13-17-24/h11-13,16-17,25-26H,3-10,14-15,18-23H2,1-2H3. The van der Waals surface area contributed by atoms with E-state index in [0.29, 0.717) is 0 Å². The molecule has 27 heavy (non-hydrogen) atoms. The molecule has 154 valence electrons. The second kappa shape index (κ2) is 14.2. The first-order chi connectivity index (χ1) is 13.3. The molecule has 1 nitrogen and oxygen atoms in total. The van der Waals surface area contributed by atoms with E-state index in [1.807, 2.05) is 0 Å². The molecule has 0 aromatic heterocycles. The number of likely N-dealkylation sites (tertiary alicyclic amines) is 1. The van der Waals surface area contributed by atoms with Crippen LogP contribution in [-0.2, 0) is 0 Å². The van der Waals surface area contributed by atoms with Crippen LogP contribution in [0.15, 0.2) is 30.3 Å². The van der Waals surface area contributed by atoms with Crippen molar-refractivity contribution in [2.45, 2.75) is 116 Å². The van der Waals surface area contributed by atoms with Crippen molar-refractivity contribution in [3.8, 4) is 0 Å². The van der Waals surface area contributed by atoms with Gasteiger partial charge in [0.1, 0.15) is 0 Å². The van der Waals surface area contributed by atoms with Gasteiger partial charge in [0.15, 0.2) is 0 Å². The predicted molar refractivity (Wildman–Crippen MR) is 121 cm³/mol. The van der Waals surface area contributed by atoms with E-state index in [0.717, 1.165) is 12.0 Å². The summed E-state index contributed by atoms with van der Waals surface area (Å²) in [6.45, 7) is 7.26. The topological polar surface area (TPSA) is 3.24 Å². The highest BCUT2D eigenvalue weighted by molar-refractivity contribution is 5.20. The van der Waals surface area contributed by atoms with E-state index >= 15 is 0 Å². The molecule has 1 saturated heterocycles. The van der Waals surface area contributed by atoms with Crippen LogP contribution in [0.3, 0.4) is 0 Å². The van der Waals surface area contributed by atoms with E-state index in [9.17, 15) is 0 Å². The summed E-state index contributed by atoms with van der Waals surface area (Å²) < 4.78 is 0. The maximum atomic E-state index is 2.86. The van der Waals surface area contributed by atoms with Crippen LogP contribution in [-0.4, -0.2) is 24.0 Å². The smallest absolute Gasteiger partial charge is 0.00952 e. The zero-order valence-electron chi connectivity index (χ0n) is 18.3. The second-order valence-corrected chi connectivity index (χ2v) is 8.78. The maximum absolute atomic E-state index is 2.86. The van der Waals surface area contributed by atoms with E-state index < -0.39 is 0 Å². The lowest BCUT2D eigenvalue weighted by atomic mass is 9.88. The Morgan fingerprint density at radius 2 is 1.26 bits per heavy atom. The van der Waals surface area contributed by atoms with Gasteiger partial charge in [-0.2, -0.15) is 0 Å². The van der Waals surface area contributed by atoms with Gasteiger partial charge in [-0.05, 0) is 50.3 Å². The molecule has 1 aliphatic heterocycles. The van der Waals surface area contributed by atoms with Crippen molar-refractivity contribution in [3.05, 3.63) is 35.9 Å². The summed E-state index contributed by atoms with van der Waals surface area (Å²) in [6.07, 6.45) is 19.8. The molecule has 0 radical (unpaired) electrons. The number of benzene rings is 1. The van der Waals surface area contributed by atoms with Gasteiger partial charge in [-0.25, -0.2) is 0 Å². The summed E-state index contributed by atoms with van der Waals surface area (Å²) in [5.41, 5.74) is 1.56. The fraction of sp³-hybridized carbons (Fsp3) is 0.769. The first-order valence-corrected chi connectivity index (χ1v) is 12.1. The first kappa shape index (κ1) is 22.5. The van der Waals surface area contributed by atoms with E-state index in [-0.39, 0.29) is 0 Å². The van der Waals surface area contributed by atoms with Crippen molar-refractivity contribution >= 4 is 0 Å². The Balaban J connectivity index is 1.77. The third kappa shape index (κ3) is 8.81. The van der Waals surface area contributed by atoms with Crippen LogP contribution >= 0.6 is 0 Å². The fourth-order valence-corrected chi connectivity index (χ4v) is 4.80. The summed E-state index contributed by atoms with van der Waals surface area (Å²) in [4.78, 5) is 2.86. The fourth-order valence-electron chi connectivity index (χ4n) is 4.80. The Bertz CT molecular complexity index is 433. The molecule has 1 heterocycles. The second-order valence-electron chi connectivity index (χ2n) is 8.78. The first-order valence-electron chi connectivity index (χ1n) is 12.1. The van der Waals surface area contributed by atoms with Crippen LogP contribution in [0.25, 0.3) is 0 Å². The van der Waals surface area contributed by atoms with Crippen LogP contribution in [0.2, 0.25) is 0 Å². The molecular formula is C26H45N. The van der Waals surface area contributed by atoms with Crippen LogP contribution in [0, 0.1) is 0 Å². The summed E-state index contributed by atoms with van der Waals surface area (Å²) >= 11 is 0. The van der Waals surface area contributed by atoms with Gasteiger partial charge in [-0.1, -0.05) is 108 Å². The maximum Gasteiger partial charge on any atom is 0.00952 e. The molecule has 1 aliphatic rings. The Hall–Kier alpha value is -0.820. The van der Waals surface area contributed by atoms with Crippen molar-refractivity contribution in [3.63, 3.8) is 0 Å². The highest BCUT2D eigenvalue weighted by atomic mass is 15.2. The SMILES string of the molecule is CCCCCCCC(CCCCCCC)N1CCC(c2ccccc2)CC1. The summed E-state index contributed by atoms with van der Waals surface area (Å²) in [5.74, 6) is 0.789. The average molecular weight is 372 g/mol. The van der Waals surface area contributed by atoms with E-state index in [2.05, 4.69) is 49.1 Å². The van der Waals surface area contributed by atoms with Gasteiger partial charge >= 0.3 is 0 Å². The molecule has 0 amide bonds. The van der Waals surface area contributed by atoms with E-state index in [4.69, 9.17) is 0 Å². The van der Waals surface area contributed by atoms with Crippen molar-refractivity contribution < 1.29 is 0 Å². The van der Waals surface area contributed by atoms with Gasteiger partial charge in [-0.15, -0.1) is 0 Å². The summed E-state index contributed by atoms with van der Waals surface area (Å²) in [7, 11) is 0. The quantitative estimate of drug-likeness (QED) is 0.300. The molecule has 0 saturated carbocycles. The lowest BCUT2D eigenvalue weighted by Crippen LogP contribution is -2.41. The van der Waals surface area contributed by atoms with Gasteiger partial charge in [-0.3, -0.25) is 0 Å². The molecule has 0 aliphatic carbocycles. The number of unbranched alkanes of at least 4 members (excludes halogenated alkanes) is 8. The number of hydrogen-bond donors (Lipinski definition) is 0. The third-order valence-corrected chi connectivity index (χ3v) is 6.60. The number of rotatable bonds is 14. The van der Waals surface area contributed by atoms with Crippen LogP contribution in [0.1, 0.15) is 115 Å². The Labute approximate surface area is 169 Å². The minimum atomic E-state index is 0.789. The zero-order chi connectivity index (χ0) is 19.2. The Morgan fingerprint density at radius 1 is 0.741 bits per heavy atom. The Kier molecular flexibility index (Phi) is 11.8. The molecule has 1 heteroatoms. The number of nitrogens with zero attached hydrogens (tertiary/aromatic N) is 1. The molecule has 1 fully saturated rings. The van der Waals surface area contributed by atoms with Crippen LogP contribution in [0.5, 0.6) is 0 Å². The van der Waals surface area contributed by atoms with Gasteiger partial charge in [0.25, 0.3) is 0 Å². The predicted octanol–water partition coefficient (Wildman–Crippen LogP) is 7.96. The molecule has 1 aromatic rings. The van der Waals surface area contributed by atoms with Crippen LogP contribution < -0.4 is 0 Å². The zero-order valence-corrected chi connectivity index (χ0v) is 18.3. The summed E-state index contributed by atoms with van der Waals surface area (Å²) in [5, 5.41) is 0. The lowest BCUT2D eigenvalue weighted by molar-refractivity contribution is 0.133. The average Bonchev–Trinajstić information content (AvgIpc) is 2.73. The molecule has 0 bridgehead atoms. The summed E-state index contributed by atoms with van der Waals surface area (Å²) in [6, 6.07) is 12.1. The van der Waals surface area contributed by atoms with E-state index in [1.165, 1.54) is 103 Å². The highest BCUT2D eigenvalue weighted by Crippen LogP contribution is 2.30. The molecule has 0 atom stereocenters. The molecule has 0 unspecified atom stereocenters. The minimum Gasteiger partial charge on any atom is -0.300 e. The Morgan fingerprint density at radius 3 is 1.78 bits per heavy atom. The largest absolute Gasteiger partial charge is 0.300 e. The lowest BCUT2D eigenvalue weighted by Gasteiger charge is -2.38. The normalized spacial score (nSPS) is 16.3. The van der Waals surface area contributed by atoms with Crippen molar-refractivity contribution in [1.29, 1.82) is 0 Å². The van der Waals surface area contributed by atoms with Gasteiger partial charge in [0.05, 0.1) is 0 Å². The number of hydrogen-bond acceptors (Lipinski definition) is 1. The van der Waals surface area contributed by atoms with Gasteiger partial charge in [0.2, 0.25) is 0 Å². The monoisotopic (exact) mass is 371 g/mol. The van der Waals surface area contributed by atoms with E-state index in [1.54, 1.807) is 5.56 Å². The highest BCUT2D eigenvalue weighted by Gasteiger charge is 2.25. The van der Waals surface area contributed by atoms with Gasteiger partial charge < -0.3 is 4.90 Å². The van der Waals surface area contributed by atoms with Gasteiger partial charge in [0, 0.05) is 6.04 Å². The molecule has 2 rings (SSSR count). The van der Waals surface area contributed by atoms with Crippen molar-refractivity contribution in [2.75, 3.05) is 13.1 Å². The third-order valence-electron chi connectivity index (χ3n) is 6.60. The minimum absolute atomic E-state index is 0.789. The molecule has 0 spiro atoms. The molecular weight excluding hydrogens is 326 g/mol. The van der Waals surface area contributed by atoms with Crippen molar-refractivity contribution in [1.82, 2.24) is 4.90 Å². The molecule has 0 N–H and O–H groups in total. The molecule has 1 aromatic carbocycles.